The van der Waals surface area contributed by atoms with Crippen LogP contribution in [0, 0.1) is 6.92 Å². The number of nitrogens with one attached hydrogen (secondary N) is 1. The van der Waals surface area contributed by atoms with Crippen molar-refractivity contribution in [3.63, 3.8) is 0 Å². The Morgan fingerprint density at radius 1 is 1.11 bits per heavy atom. The van der Waals surface area contributed by atoms with Gasteiger partial charge < -0.3 is 10.2 Å². The highest BCUT2D eigenvalue weighted by molar-refractivity contribution is 9.10. The van der Waals surface area contributed by atoms with E-state index < -0.39 is 28.5 Å². The number of hydrogen-bond acceptors (Lipinski definition) is 4. The molecule has 7 nitrogen and oxygen atoms in total. The lowest BCUT2D eigenvalue weighted by molar-refractivity contribution is -0.128. The summed E-state index contributed by atoms with van der Waals surface area (Å²) in [6, 6.07) is 19.8. The van der Waals surface area contributed by atoms with Gasteiger partial charge in [0, 0.05) is 28.3 Å². The first-order chi connectivity index (χ1) is 17.6. The zero-order chi connectivity index (χ0) is 26.6. The lowest BCUT2D eigenvalue weighted by Gasteiger charge is -2.33. The average Bonchev–Trinajstić information content (AvgIpc) is 2.87. The van der Waals surface area contributed by atoms with Crippen LogP contribution in [0.25, 0.3) is 0 Å². The Morgan fingerprint density at radius 3 is 2.49 bits per heavy atom. The number of halogens is 2. The second-order valence-electron chi connectivity index (χ2n) is 8.90. The van der Waals surface area contributed by atoms with Crippen molar-refractivity contribution in [1.82, 2.24) is 9.62 Å². The smallest absolute Gasteiger partial charge is 0.249 e. The molecule has 194 valence electrons. The van der Waals surface area contributed by atoms with E-state index in [0.717, 1.165) is 25.6 Å². The molecule has 1 atom stereocenters. The first kappa shape index (κ1) is 27.3. The number of sulfonamides is 1. The predicted molar refractivity (Wildman–Crippen MR) is 148 cm³/mol. The summed E-state index contributed by atoms with van der Waals surface area (Å²) in [6.45, 7) is 2.07. The lowest BCUT2D eigenvalue weighted by Crippen LogP contribution is -2.54. The molecule has 1 heterocycles. The Hall–Kier alpha value is -2.72. The Balaban J connectivity index is 1.52. The average molecular weight is 605 g/mol. The molecule has 0 aromatic heterocycles. The zero-order valence-electron chi connectivity index (χ0n) is 20.2. The fraction of sp³-hybridized carbons (Fsp3) is 0.259. The molecular formula is C27H27BrClN3O4S. The van der Waals surface area contributed by atoms with Crippen molar-refractivity contribution in [1.29, 1.82) is 0 Å². The molecule has 4 rings (SSSR count). The third kappa shape index (κ3) is 6.59. The third-order valence-electron chi connectivity index (χ3n) is 6.20. The van der Waals surface area contributed by atoms with E-state index in [1.807, 2.05) is 43.3 Å². The Labute approximate surface area is 230 Å². The number of hydrogen-bond donors (Lipinski definition) is 1. The number of piperidine rings is 1. The molecule has 1 aliphatic rings. The standard InChI is InChI=1S/C27H27BrClN3O4S/c1-19-16-22(11-14-24(19)28)32-15-5-8-25(27(32)34)30-26(33)18-31(17-20-6-3-2-4-7-20)37(35,36)23-12-9-21(29)10-13-23/h2-4,6-7,9-14,16,25H,5,8,15,17-18H2,1H3,(H,30,33). The first-order valence-electron chi connectivity index (χ1n) is 11.8. The minimum atomic E-state index is -4.01. The number of carbonyl (C=O) groups excluding carboxylic acids is 2. The largest absolute Gasteiger partial charge is 0.343 e. The highest BCUT2D eigenvalue weighted by Crippen LogP contribution is 2.26. The van der Waals surface area contributed by atoms with E-state index in [9.17, 15) is 18.0 Å². The summed E-state index contributed by atoms with van der Waals surface area (Å²) in [5.74, 6) is -0.753. The van der Waals surface area contributed by atoms with Crippen LogP contribution in [0.1, 0.15) is 24.0 Å². The van der Waals surface area contributed by atoms with Gasteiger partial charge in [-0.05, 0) is 73.4 Å². The molecule has 1 fully saturated rings. The quantitative estimate of drug-likeness (QED) is 0.396. The highest BCUT2D eigenvalue weighted by Gasteiger charge is 2.33. The van der Waals surface area contributed by atoms with Crippen molar-refractivity contribution in [2.75, 3.05) is 18.0 Å². The SMILES string of the molecule is Cc1cc(N2CCCC(NC(=O)CN(Cc3ccccc3)S(=O)(=O)c3ccc(Cl)cc3)C2=O)ccc1Br. The van der Waals surface area contributed by atoms with Gasteiger partial charge in [0.2, 0.25) is 21.8 Å². The maximum absolute atomic E-state index is 13.5. The van der Waals surface area contributed by atoms with E-state index in [0.29, 0.717) is 24.4 Å². The number of benzene rings is 3. The van der Waals surface area contributed by atoms with Gasteiger partial charge in [0.15, 0.2) is 0 Å². The highest BCUT2D eigenvalue weighted by atomic mass is 79.9. The summed E-state index contributed by atoms with van der Waals surface area (Å²) in [7, 11) is -4.01. The molecule has 2 amide bonds. The zero-order valence-corrected chi connectivity index (χ0v) is 23.4. The Bertz CT molecular complexity index is 1380. The number of anilines is 1. The molecular weight excluding hydrogens is 578 g/mol. The Morgan fingerprint density at radius 2 is 1.81 bits per heavy atom. The molecule has 1 saturated heterocycles. The first-order valence-corrected chi connectivity index (χ1v) is 14.4. The maximum Gasteiger partial charge on any atom is 0.249 e. The van der Waals surface area contributed by atoms with Gasteiger partial charge >= 0.3 is 0 Å². The molecule has 1 unspecified atom stereocenters. The lowest BCUT2D eigenvalue weighted by atomic mass is 10.0. The predicted octanol–water partition coefficient (Wildman–Crippen LogP) is 4.91. The summed E-state index contributed by atoms with van der Waals surface area (Å²) in [5, 5.41) is 3.19. The molecule has 37 heavy (non-hydrogen) atoms. The van der Waals surface area contributed by atoms with Crippen molar-refractivity contribution in [2.24, 2.45) is 0 Å². The van der Waals surface area contributed by atoms with Gasteiger partial charge in [-0.1, -0.05) is 57.9 Å². The van der Waals surface area contributed by atoms with Crippen LogP contribution in [0.5, 0.6) is 0 Å². The van der Waals surface area contributed by atoms with Gasteiger partial charge in [-0.25, -0.2) is 8.42 Å². The fourth-order valence-electron chi connectivity index (χ4n) is 4.23. The topological polar surface area (TPSA) is 86.8 Å². The van der Waals surface area contributed by atoms with E-state index in [4.69, 9.17) is 11.6 Å². The van der Waals surface area contributed by atoms with Crippen LogP contribution in [0.3, 0.4) is 0 Å². The summed E-state index contributed by atoms with van der Waals surface area (Å²) in [6.07, 6.45) is 1.20. The van der Waals surface area contributed by atoms with Crippen molar-refractivity contribution in [2.45, 2.75) is 37.2 Å². The molecule has 0 spiro atoms. The number of aryl methyl sites for hydroxylation is 1. The van der Waals surface area contributed by atoms with Gasteiger partial charge in [0.25, 0.3) is 0 Å². The molecule has 1 N–H and O–H groups in total. The second-order valence-corrected chi connectivity index (χ2v) is 12.1. The van der Waals surface area contributed by atoms with E-state index in [1.54, 1.807) is 17.0 Å². The molecule has 0 radical (unpaired) electrons. The summed E-state index contributed by atoms with van der Waals surface area (Å²) >= 11 is 9.41. The van der Waals surface area contributed by atoms with Gasteiger partial charge in [0.1, 0.15) is 6.04 Å². The van der Waals surface area contributed by atoms with Gasteiger partial charge in [0.05, 0.1) is 11.4 Å². The van der Waals surface area contributed by atoms with Crippen molar-refractivity contribution in [3.8, 4) is 0 Å². The van der Waals surface area contributed by atoms with E-state index in [-0.39, 0.29) is 17.3 Å². The third-order valence-corrected chi connectivity index (χ3v) is 9.15. The van der Waals surface area contributed by atoms with Crippen molar-refractivity contribution < 1.29 is 18.0 Å². The van der Waals surface area contributed by atoms with Crippen molar-refractivity contribution >= 4 is 55.1 Å². The van der Waals surface area contributed by atoms with E-state index >= 15 is 0 Å². The van der Waals surface area contributed by atoms with E-state index in [1.165, 1.54) is 24.3 Å². The maximum atomic E-state index is 13.5. The minimum Gasteiger partial charge on any atom is -0.343 e. The van der Waals surface area contributed by atoms with Crippen LogP contribution in [0.2, 0.25) is 5.02 Å². The molecule has 1 aliphatic heterocycles. The normalized spacial score (nSPS) is 16.2. The number of amides is 2. The number of nitrogens with zero attached hydrogens (tertiary/aromatic N) is 2. The summed E-state index contributed by atoms with van der Waals surface area (Å²) < 4.78 is 29.0. The molecule has 10 heteroatoms. The molecule has 3 aromatic carbocycles. The minimum absolute atomic E-state index is 0.00211. The van der Waals surface area contributed by atoms with E-state index in [2.05, 4.69) is 21.2 Å². The van der Waals surface area contributed by atoms with Crippen LogP contribution < -0.4 is 10.2 Å². The molecule has 0 aliphatic carbocycles. The van der Waals surface area contributed by atoms with Crippen LogP contribution in [-0.4, -0.2) is 43.7 Å². The Kier molecular flexibility index (Phi) is 8.69. The molecule has 3 aromatic rings. The fourth-order valence-corrected chi connectivity index (χ4v) is 5.99. The number of rotatable bonds is 8. The van der Waals surface area contributed by atoms with Gasteiger partial charge in [-0.15, -0.1) is 0 Å². The second kappa shape index (κ2) is 11.8. The monoisotopic (exact) mass is 603 g/mol. The van der Waals surface area contributed by atoms with Crippen LogP contribution in [-0.2, 0) is 26.2 Å². The number of carbonyl (C=O) groups is 2. The molecule has 0 saturated carbocycles. The van der Waals surface area contributed by atoms with Gasteiger partial charge in [-0.3, -0.25) is 9.59 Å². The van der Waals surface area contributed by atoms with Crippen molar-refractivity contribution in [3.05, 3.63) is 93.4 Å². The summed E-state index contributed by atoms with van der Waals surface area (Å²) in [5.41, 5.74) is 2.50. The van der Waals surface area contributed by atoms with Gasteiger partial charge in [-0.2, -0.15) is 4.31 Å². The van der Waals surface area contributed by atoms with Crippen LogP contribution >= 0.6 is 27.5 Å². The van der Waals surface area contributed by atoms with Crippen LogP contribution in [0.4, 0.5) is 5.69 Å². The summed E-state index contributed by atoms with van der Waals surface area (Å²) in [4.78, 5) is 28.1. The van der Waals surface area contributed by atoms with Crippen LogP contribution in [0.15, 0.2) is 82.2 Å². The molecule has 0 bridgehead atoms.